The number of nitrogens with one attached hydrogen (secondary N) is 1. The fourth-order valence-corrected chi connectivity index (χ4v) is 1.45. The zero-order valence-electron chi connectivity index (χ0n) is 10.4. The lowest BCUT2D eigenvalue weighted by molar-refractivity contribution is -0.117. The Hall–Kier alpha value is -1.99. The summed E-state index contributed by atoms with van der Waals surface area (Å²) in [4.78, 5) is 22.6. The standard InChI is InChI=1S/C12H15FN2O4/c1-19-6-5-8(14)11(16)15-9-4-2-3-7(13)10(9)12(17)18/h2-4,8H,5-6,14H2,1H3,(H,15,16)(H,17,18). The molecule has 0 radical (unpaired) electrons. The normalized spacial score (nSPS) is 11.9. The number of carbonyl (C=O) groups is 2. The molecule has 1 amide bonds. The molecule has 0 saturated carbocycles. The van der Waals surface area contributed by atoms with Gasteiger partial charge in [0.2, 0.25) is 5.91 Å². The summed E-state index contributed by atoms with van der Waals surface area (Å²) in [5.74, 6) is -2.97. The molecule has 1 aromatic rings. The maximum absolute atomic E-state index is 13.4. The van der Waals surface area contributed by atoms with Crippen molar-refractivity contribution in [3.05, 3.63) is 29.6 Å². The Morgan fingerprint density at radius 1 is 1.53 bits per heavy atom. The Kier molecular flexibility index (Phi) is 5.40. The number of rotatable bonds is 6. The van der Waals surface area contributed by atoms with E-state index >= 15 is 0 Å². The van der Waals surface area contributed by atoms with Crippen LogP contribution in [-0.2, 0) is 9.53 Å². The fourth-order valence-electron chi connectivity index (χ4n) is 1.45. The summed E-state index contributed by atoms with van der Waals surface area (Å²) in [5, 5.41) is 11.2. The topological polar surface area (TPSA) is 102 Å². The summed E-state index contributed by atoms with van der Waals surface area (Å²) in [6.07, 6.45) is 0.278. The molecule has 7 heteroatoms. The lowest BCUT2D eigenvalue weighted by Gasteiger charge is -2.13. The number of halogens is 1. The third kappa shape index (κ3) is 4.01. The number of hydrogen-bond donors (Lipinski definition) is 3. The van der Waals surface area contributed by atoms with Crippen LogP contribution in [0.5, 0.6) is 0 Å². The second-order valence-corrected chi connectivity index (χ2v) is 3.84. The van der Waals surface area contributed by atoms with Crippen LogP contribution in [-0.4, -0.2) is 36.7 Å². The molecule has 0 bridgehead atoms. The zero-order chi connectivity index (χ0) is 14.4. The number of carboxylic acid groups (broad SMARTS) is 1. The van der Waals surface area contributed by atoms with Crippen LogP contribution in [0.15, 0.2) is 18.2 Å². The number of anilines is 1. The molecule has 0 aliphatic carbocycles. The van der Waals surface area contributed by atoms with Crippen LogP contribution in [0.4, 0.5) is 10.1 Å². The van der Waals surface area contributed by atoms with Gasteiger partial charge in [0.25, 0.3) is 0 Å². The Morgan fingerprint density at radius 2 is 2.21 bits per heavy atom. The molecule has 0 spiro atoms. The van der Waals surface area contributed by atoms with Gasteiger partial charge in [-0.3, -0.25) is 4.79 Å². The first-order valence-electron chi connectivity index (χ1n) is 5.54. The second kappa shape index (κ2) is 6.81. The predicted octanol–water partition coefficient (Wildman–Crippen LogP) is 0.826. The van der Waals surface area contributed by atoms with E-state index in [1.165, 1.54) is 19.2 Å². The van der Waals surface area contributed by atoms with E-state index in [1.54, 1.807) is 0 Å². The fraction of sp³-hybridized carbons (Fsp3) is 0.333. The van der Waals surface area contributed by atoms with Crippen LogP contribution in [0.25, 0.3) is 0 Å². The molecule has 19 heavy (non-hydrogen) atoms. The first-order chi connectivity index (χ1) is 8.97. The first-order valence-corrected chi connectivity index (χ1v) is 5.54. The van der Waals surface area contributed by atoms with E-state index in [0.29, 0.717) is 6.61 Å². The number of carbonyl (C=O) groups excluding carboxylic acids is 1. The van der Waals surface area contributed by atoms with Crippen molar-refractivity contribution in [3.8, 4) is 0 Å². The molecule has 0 heterocycles. The van der Waals surface area contributed by atoms with Gasteiger partial charge in [-0.05, 0) is 18.6 Å². The molecule has 0 aromatic heterocycles. The van der Waals surface area contributed by atoms with E-state index in [-0.39, 0.29) is 12.1 Å². The predicted molar refractivity (Wildman–Crippen MR) is 66.5 cm³/mol. The molecule has 6 nitrogen and oxygen atoms in total. The highest BCUT2D eigenvalue weighted by Gasteiger charge is 2.19. The van der Waals surface area contributed by atoms with Gasteiger partial charge >= 0.3 is 5.97 Å². The van der Waals surface area contributed by atoms with Crippen LogP contribution < -0.4 is 11.1 Å². The molecular weight excluding hydrogens is 255 g/mol. The number of hydrogen-bond acceptors (Lipinski definition) is 4. The van der Waals surface area contributed by atoms with Gasteiger partial charge in [0.05, 0.1) is 11.7 Å². The van der Waals surface area contributed by atoms with Crippen molar-refractivity contribution in [2.45, 2.75) is 12.5 Å². The SMILES string of the molecule is COCCC(N)C(=O)Nc1cccc(F)c1C(=O)O. The van der Waals surface area contributed by atoms with Crippen molar-refractivity contribution in [1.29, 1.82) is 0 Å². The molecule has 1 unspecified atom stereocenters. The van der Waals surface area contributed by atoms with Gasteiger partial charge in [0, 0.05) is 13.7 Å². The van der Waals surface area contributed by atoms with Crippen LogP contribution in [0.3, 0.4) is 0 Å². The minimum atomic E-state index is -1.46. The summed E-state index contributed by atoms with van der Waals surface area (Å²) in [6, 6.07) is 2.75. The quantitative estimate of drug-likeness (QED) is 0.710. The molecule has 0 saturated heterocycles. The van der Waals surface area contributed by atoms with E-state index in [4.69, 9.17) is 15.6 Å². The molecule has 1 atom stereocenters. The van der Waals surface area contributed by atoms with E-state index < -0.39 is 29.3 Å². The average Bonchev–Trinajstić information content (AvgIpc) is 2.35. The summed E-state index contributed by atoms with van der Waals surface area (Å²) in [7, 11) is 1.47. The molecule has 4 N–H and O–H groups in total. The number of benzene rings is 1. The summed E-state index contributed by atoms with van der Waals surface area (Å²) >= 11 is 0. The van der Waals surface area contributed by atoms with Crippen LogP contribution in [0.2, 0.25) is 0 Å². The van der Waals surface area contributed by atoms with Crippen molar-refractivity contribution in [2.24, 2.45) is 5.73 Å². The summed E-state index contributed by atoms with van der Waals surface area (Å²) < 4.78 is 18.2. The molecule has 0 aliphatic rings. The monoisotopic (exact) mass is 270 g/mol. The average molecular weight is 270 g/mol. The van der Waals surface area contributed by atoms with Crippen molar-refractivity contribution in [1.82, 2.24) is 0 Å². The lowest BCUT2D eigenvalue weighted by atomic mass is 10.1. The Labute approximate surface area is 109 Å². The molecule has 1 rings (SSSR count). The van der Waals surface area contributed by atoms with Gasteiger partial charge in [-0.25, -0.2) is 9.18 Å². The van der Waals surface area contributed by atoms with Gasteiger partial charge in [-0.1, -0.05) is 6.07 Å². The van der Waals surface area contributed by atoms with Crippen molar-refractivity contribution < 1.29 is 23.8 Å². The van der Waals surface area contributed by atoms with Gasteiger partial charge < -0.3 is 20.9 Å². The number of nitrogens with two attached hydrogens (primary N) is 1. The van der Waals surface area contributed by atoms with E-state index in [1.807, 2.05) is 0 Å². The zero-order valence-corrected chi connectivity index (χ0v) is 10.4. The largest absolute Gasteiger partial charge is 0.478 e. The number of aromatic carboxylic acids is 1. The van der Waals surface area contributed by atoms with Crippen molar-refractivity contribution >= 4 is 17.6 Å². The highest BCUT2D eigenvalue weighted by Crippen LogP contribution is 2.19. The van der Waals surface area contributed by atoms with Gasteiger partial charge in [-0.15, -0.1) is 0 Å². The van der Waals surface area contributed by atoms with E-state index in [9.17, 15) is 14.0 Å². The van der Waals surface area contributed by atoms with Crippen molar-refractivity contribution in [3.63, 3.8) is 0 Å². The van der Waals surface area contributed by atoms with E-state index in [0.717, 1.165) is 6.07 Å². The third-order valence-electron chi connectivity index (χ3n) is 2.46. The van der Waals surface area contributed by atoms with Crippen molar-refractivity contribution in [2.75, 3.05) is 19.0 Å². The molecular formula is C12H15FN2O4. The Bertz CT molecular complexity index is 479. The summed E-state index contributed by atoms with van der Waals surface area (Å²) in [5.41, 5.74) is 4.87. The lowest BCUT2D eigenvalue weighted by Crippen LogP contribution is -2.36. The molecule has 104 valence electrons. The highest BCUT2D eigenvalue weighted by molar-refractivity contribution is 6.02. The molecule has 0 fully saturated rings. The third-order valence-corrected chi connectivity index (χ3v) is 2.46. The van der Waals surface area contributed by atoms with Crippen LogP contribution in [0.1, 0.15) is 16.8 Å². The highest BCUT2D eigenvalue weighted by atomic mass is 19.1. The smallest absolute Gasteiger partial charge is 0.340 e. The van der Waals surface area contributed by atoms with E-state index in [2.05, 4.69) is 5.32 Å². The number of carboxylic acids is 1. The Morgan fingerprint density at radius 3 is 2.79 bits per heavy atom. The number of ether oxygens (including phenoxy) is 1. The second-order valence-electron chi connectivity index (χ2n) is 3.84. The van der Waals surface area contributed by atoms with Crippen LogP contribution in [0, 0.1) is 5.82 Å². The number of methoxy groups -OCH3 is 1. The number of amides is 1. The molecule has 1 aromatic carbocycles. The minimum Gasteiger partial charge on any atom is -0.478 e. The minimum absolute atomic E-state index is 0.120. The Balaban J connectivity index is 2.85. The molecule has 0 aliphatic heterocycles. The van der Waals surface area contributed by atoms with Crippen LogP contribution >= 0.6 is 0 Å². The van der Waals surface area contributed by atoms with Gasteiger partial charge in [0.1, 0.15) is 11.4 Å². The maximum atomic E-state index is 13.4. The van der Waals surface area contributed by atoms with Gasteiger partial charge in [0.15, 0.2) is 0 Å². The first kappa shape index (κ1) is 15.1. The summed E-state index contributed by atoms with van der Waals surface area (Å²) in [6.45, 7) is 0.295. The van der Waals surface area contributed by atoms with Gasteiger partial charge in [-0.2, -0.15) is 0 Å². The maximum Gasteiger partial charge on any atom is 0.340 e.